The molecule has 0 spiro atoms. The highest BCUT2D eigenvalue weighted by atomic mass is 16.6. The minimum atomic E-state index is -0.435. The number of hydrogen-bond donors (Lipinski definition) is 1. The van der Waals surface area contributed by atoms with E-state index in [0.29, 0.717) is 5.92 Å². The number of carbonyl (C=O) groups is 1. The van der Waals surface area contributed by atoms with E-state index < -0.39 is 5.60 Å². The number of alkyl carbamates (subject to hydrolysis) is 1. The number of carbonyl (C=O) groups excluding carboxylic acids is 1. The molecule has 3 nitrogen and oxygen atoms in total. The quantitative estimate of drug-likeness (QED) is 0.690. The third kappa shape index (κ3) is 2.02. The monoisotopic (exact) mass is 221 g/mol. The number of hydrogen-bond acceptors (Lipinski definition) is 2. The highest BCUT2D eigenvalue weighted by Gasteiger charge is 2.55. The van der Waals surface area contributed by atoms with Crippen LogP contribution < -0.4 is 5.32 Å². The number of fused-ring (bicyclic) bond motifs is 1. The molecule has 3 rings (SSSR count). The Morgan fingerprint density at radius 1 is 1.44 bits per heavy atom. The van der Waals surface area contributed by atoms with E-state index in [1.54, 1.807) is 0 Å². The summed E-state index contributed by atoms with van der Waals surface area (Å²) in [6, 6.07) is 0.214. The fraction of sp³-hybridized carbons (Fsp3) is 0.769. The van der Waals surface area contributed by atoms with Gasteiger partial charge in [-0.3, -0.25) is 0 Å². The molecule has 3 fully saturated rings. The average Bonchev–Trinajstić information content (AvgIpc) is 2.53. The summed E-state index contributed by atoms with van der Waals surface area (Å²) >= 11 is 0. The van der Waals surface area contributed by atoms with Crippen molar-refractivity contribution in [1.29, 1.82) is 0 Å². The predicted octanol–water partition coefficient (Wildman–Crippen LogP) is 2.31. The smallest absolute Gasteiger partial charge is 0.407 e. The Morgan fingerprint density at radius 3 is 2.50 bits per heavy atom. The first kappa shape index (κ1) is 11.3. The summed E-state index contributed by atoms with van der Waals surface area (Å²) in [5, 5.41) is 2.93. The summed E-state index contributed by atoms with van der Waals surface area (Å²) in [6.07, 6.45) is 8.21. The Kier molecular flexibility index (Phi) is 2.41. The Hall–Kier alpha value is -1.17. The maximum absolute atomic E-state index is 11.6. The van der Waals surface area contributed by atoms with E-state index in [-0.39, 0.29) is 17.6 Å². The molecular weight excluding hydrogens is 202 g/mol. The van der Waals surface area contributed by atoms with Gasteiger partial charge in [-0.25, -0.2) is 4.79 Å². The van der Waals surface area contributed by atoms with Gasteiger partial charge >= 0.3 is 6.09 Å². The molecule has 0 radical (unpaired) electrons. The molecule has 3 saturated carbocycles. The Bertz CT molecular complexity index is 342. The lowest BCUT2D eigenvalue weighted by molar-refractivity contribution is 0.0494. The standard InChI is InChI=1S/C13H19NO2/c1-5-13-6-9(7-13)10(8-13)14-11(15)16-12(2,3)4/h1,9-10H,6-8H2,2-4H3,(H,14,15)/t9?,10-,13?/m1/s1. The zero-order chi connectivity index (χ0) is 12.0. The first-order valence-corrected chi connectivity index (χ1v) is 5.81. The first-order chi connectivity index (χ1) is 7.34. The van der Waals surface area contributed by atoms with Crippen molar-refractivity contribution in [2.45, 2.75) is 51.7 Å². The van der Waals surface area contributed by atoms with Gasteiger partial charge in [0.15, 0.2) is 0 Å². The van der Waals surface area contributed by atoms with E-state index in [4.69, 9.17) is 11.2 Å². The minimum Gasteiger partial charge on any atom is -0.444 e. The summed E-state index contributed by atoms with van der Waals surface area (Å²) in [4.78, 5) is 11.6. The van der Waals surface area contributed by atoms with Crippen molar-refractivity contribution in [2.75, 3.05) is 0 Å². The van der Waals surface area contributed by atoms with Crippen molar-refractivity contribution in [3.8, 4) is 12.3 Å². The van der Waals surface area contributed by atoms with Crippen LogP contribution >= 0.6 is 0 Å². The van der Waals surface area contributed by atoms with Crippen LogP contribution in [0.2, 0.25) is 0 Å². The number of nitrogens with one attached hydrogen (secondary N) is 1. The summed E-state index contributed by atoms with van der Waals surface area (Å²) < 4.78 is 5.23. The molecule has 1 amide bonds. The lowest BCUT2D eigenvalue weighted by atomic mass is 9.70. The summed E-state index contributed by atoms with van der Waals surface area (Å²) in [7, 11) is 0. The van der Waals surface area contributed by atoms with Gasteiger partial charge in [-0.15, -0.1) is 6.42 Å². The molecule has 3 aliphatic carbocycles. The van der Waals surface area contributed by atoms with Crippen molar-refractivity contribution >= 4 is 6.09 Å². The predicted molar refractivity (Wildman–Crippen MR) is 61.8 cm³/mol. The topological polar surface area (TPSA) is 38.3 Å². The molecule has 2 bridgehead atoms. The van der Waals surface area contributed by atoms with Crippen molar-refractivity contribution in [3.05, 3.63) is 0 Å². The van der Waals surface area contributed by atoms with Crippen LogP contribution in [0.5, 0.6) is 0 Å². The highest BCUT2D eigenvalue weighted by Crippen LogP contribution is 2.58. The minimum absolute atomic E-state index is 0.0738. The summed E-state index contributed by atoms with van der Waals surface area (Å²) in [5.74, 6) is 3.42. The second kappa shape index (κ2) is 3.41. The normalized spacial score (nSPS) is 36.1. The zero-order valence-electron chi connectivity index (χ0n) is 10.2. The molecule has 0 aromatic rings. The fourth-order valence-electron chi connectivity index (χ4n) is 2.79. The maximum atomic E-state index is 11.6. The largest absolute Gasteiger partial charge is 0.444 e. The Morgan fingerprint density at radius 2 is 2.06 bits per heavy atom. The average molecular weight is 221 g/mol. The summed E-state index contributed by atoms with van der Waals surface area (Å²) in [6.45, 7) is 5.60. The molecule has 0 aromatic carbocycles. The molecule has 3 heteroatoms. The van der Waals surface area contributed by atoms with Crippen LogP contribution in [0.3, 0.4) is 0 Å². The van der Waals surface area contributed by atoms with Crippen LogP contribution in [-0.4, -0.2) is 17.7 Å². The van der Waals surface area contributed by atoms with Crippen LogP contribution in [0.4, 0.5) is 4.79 Å². The lowest BCUT2D eigenvalue weighted by Crippen LogP contribution is -2.40. The second-order valence-corrected chi connectivity index (χ2v) is 6.05. The highest BCUT2D eigenvalue weighted by molar-refractivity contribution is 5.68. The molecule has 88 valence electrons. The SMILES string of the molecule is C#CC12CC(C1)[C@H](NC(=O)OC(C)(C)C)C2. The van der Waals surface area contributed by atoms with Crippen LogP contribution in [0.15, 0.2) is 0 Å². The molecule has 3 aliphatic rings. The molecule has 0 unspecified atom stereocenters. The number of amides is 1. The van der Waals surface area contributed by atoms with Gasteiger partial charge in [0, 0.05) is 11.5 Å². The van der Waals surface area contributed by atoms with E-state index in [1.165, 1.54) is 0 Å². The molecule has 0 heterocycles. The first-order valence-electron chi connectivity index (χ1n) is 5.81. The van der Waals surface area contributed by atoms with Gasteiger partial charge in [0.25, 0.3) is 0 Å². The van der Waals surface area contributed by atoms with Crippen molar-refractivity contribution in [2.24, 2.45) is 11.3 Å². The Labute approximate surface area is 96.9 Å². The molecular formula is C13H19NO2. The maximum Gasteiger partial charge on any atom is 0.407 e. The second-order valence-electron chi connectivity index (χ2n) is 6.05. The molecule has 1 N–H and O–H groups in total. The van der Waals surface area contributed by atoms with E-state index >= 15 is 0 Å². The zero-order valence-corrected chi connectivity index (χ0v) is 10.2. The van der Waals surface area contributed by atoms with E-state index in [9.17, 15) is 4.79 Å². The number of rotatable bonds is 1. The number of terminal acetylenes is 1. The van der Waals surface area contributed by atoms with Gasteiger partial charge in [0.1, 0.15) is 5.60 Å². The molecule has 0 aliphatic heterocycles. The summed E-state index contributed by atoms with van der Waals surface area (Å²) in [5.41, 5.74) is -0.361. The van der Waals surface area contributed by atoms with Crippen molar-refractivity contribution in [3.63, 3.8) is 0 Å². The van der Waals surface area contributed by atoms with Crippen LogP contribution in [0.25, 0.3) is 0 Å². The van der Waals surface area contributed by atoms with E-state index in [1.807, 2.05) is 20.8 Å². The van der Waals surface area contributed by atoms with Crippen molar-refractivity contribution in [1.82, 2.24) is 5.32 Å². The fourth-order valence-corrected chi connectivity index (χ4v) is 2.79. The lowest BCUT2D eigenvalue weighted by Gasteiger charge is -2.33. The van der Waals surface area contributed by atoms with E-state index in [2.05, 4.69) is 11.2 Å². The Balaban J connectivity index is 1.85. The van der Waals surface area contributed by atoms with Crippen LogP contribution in [-0.2, 0) is 4.74 Å². The molecule has 0 aromatic heterocycles. The van der Waals surface area contributed by atoms with Crippen LogP contribution in [0.1, 0.15) is 40.0 Å². The van der Waals surface area contributed by atoms with Gasteiger partial charge < -0.3 is 10.1 Å². The molecule has 16 heavy (non-hydrogen) atoms. The molecule has 1 atom stereocenters. The van der Waals surface area contributed by atoms with Gasteiger partial charge in [-0.2, -0.15) is 0 Å². The van der Waals surface area contributed by atoms with E-state index in [0.717, 1.165) is 19.3 Å². The third-order valence-electron chi connectivity index (χ3n) is 3.49. The van der Waals surface area contributed by atoms with Crippen molar-refractivity contribution < 1.29 is 9.53 Å². The third-order valence-corrected chi connectivity index (χ3v) is 3.49. The van der Waals surface area contributed by atoms with Gasteiger partial charge in [0.2, 0.25) is 0 Å². The number of ether oxygens (including phenoxy) is 1. The van der Waals surface area contributed by atoms with Crippen LogP contribution in [0, 0.1) is 23.7 Å². The van der Waals surface area contributed by atoms with Gasteiger partial charge in [-0.05, 0) is 46.0 Å². The van der Waals surface area contributed by atoms with Gasteiger partial charge in [-0.1, -0.05) is 5.92 Å². The molecule has 0 saturated heterocycles. The van der Waals surface area contributed by atoms with Gasteiger partial charge in [0.05, 0.1) is 0 Å².